The Morgan fingerprint density at radius 1 is 0.966 bits per heavy atom. The fourth-order valence-electron chi connectivity index (χ4n) is 3.71. The lowest BCUT2D eigenvalue weighted by atomic mass is 10.0. The van der Waals surface area contributed by atoms with Crippen molar-refractivity contribution in [1.82, 2.24) is 9.88 Å². The Labute approximate surface area is 170 Å². The second-order valence-corrected chi connectivity index (χ2v) is 7.50. The van der Waals surface area contributed by atoms with Crippen molar-refractivity contribution >= 4 is 17.5 Å². The van der Waals surface area contributed by atoms with Crippen LogP contribution in [0.4, 0.5) is 5.69 Å². The molecular formula is C24H23N3O2. The van der Waals surface area contributed by atoms with Crippen molar-refractivity contribution < 1.29 is 9.59 Å². The first-order valence-electron chi connectivity index (χ1n) is 9.69. The number of hydrogen-bond donors (Lipinski definition) is 1. The van der Waals surface area contributed by atoms with E-state index >= 15 is 0 Å². The van der Waals surface area contributed by atoms with Crippen LogP contribution in [-0.2, 0) is 17.8 Å². The molecule has 0 bridgehead atoms. The summed E-state index contributed by atoms with van der Waals surface area (Å²) in [6.45, 7) is 4.32. The third-order valence-electron chi connectivity index (χ3n) is 5.17. The van der Waals surface area contributed by atoms with Gasteiger partial charge in [-0.3, -0.25) is 14.6 Å². The highest BCUT2D eigenvalue weighted by atomic mass is 16.2. The average molecular weight is 385 g/mol. The predicted molar refractivity (Wildman–Crippen MR) is 113 cm³/mol. The van der Waals surface area contributed by atoms with Crippen LogP contribution in [0.2, 0.25) is 0 Å². The predicted octanol–water partition coefficient (Wildman–Crippen LogP) is 3.90. The molecule has 3 aromatic rings. The van der Waals surface area contributed by atoms with E-state index in [1.54, 1.807) is 17.2 Å². The number of anilines is 1. The first-order valence-corrected chi connectivity index (χ1v) is 9.69. The molecule has 29 heavy (non-hydrogen) atoms. The molecule has 146 valence electrons. The summed E-state index contributed by atoms with van der Waals surface area (Å²) < 4.78 is 0. The molecule has 0 saturated carbocycles. The highest BCUT2D eigenvalue weighted by molar-refractivity contribution is 6.10. The summed E-state index contributed by atoms with van der Waals surface area (Å²) in [4.78, 5) is 32.7. The second kappa shape index (κ2) is 7.87. The van der Waals surface area contributed by atoms with Gasteiger partial charge in [-0.25, -0.2) is 0 Å². The third-order valence-corrected chi connectivity index (χ3v) is 5.17. The SMILES string of the molecule is Cc1cccc(CN2C(=O)c3ccc(C)cc3NC(=O)C2Cc2ccccn2)c1. The maximum atomic E-state index is 13.5. The summed E-state index contributed by atoms with van der Waals surface area (Å²) in [6.07, 6.45) is 2.06. The number of fused-ring (bicyclic) bond motifs is 1. The van der Waals surface area contributed by atoms with Gasteiger partial charge in [0.05, 0.1) is 11.3 Å². The molecule has 1 aliphatic heterocycles. The Kier molecular flexibility index (Phi) is 5.12. The van der Waals surface area contributed by atoms with E-state index in [0.717, 1.165) is 22.4 Å². The first-order chi connectivity index (χ1) is 14.0. The summed E-state index contributed by atoms with van der Waals surface area (Å²) in [5.74, 6) is -0.346. The normalized spacial score (nSPS) is 16.2. The van der Waals surface area contributed by atoms with Gasteiger partial charge in [0.25, 0.3) is 5.91 Å². The van der Waals surface area contributed by atoms with Crippen LogP contribution >= 0.6 is 0 Å². The number of pyridine rings is 1. The molecule has 4 rings (SSSR count). The van der Waals surface area contributed by atoms with E-state index in [0.29, 0.717) is 24.2 Å². The zero-order chi connectivity index (χ0) is 20.4. The zero-order valence-corrected chi connectivity index (χ0v) is 16.6. The average Bonchev–Trinajstić information content (AvgIpc) is 2.79. The summed E-state index contributed by atoms with van der Waals surface area (Å²) in [6, 6.07) is 18.5. The molecule has 0 radical (unpaired) electrons. The Hall–Kier alpha value is -3.47. The number of rotatable bonds is 4. The van der Waals surface area contributed by atoms with Crippen molar-refractivity contribution in [3.05, 3.63) is 94.8 Å². The fraction of sp³-hybridized carbons (Fsp3) is 0.208. The number of hydrogen-bond acceptors (Lipinski definition) is 3. The van der Waals surface area contributed by atoms with Gasteiger partial charge in [0, 0.05) is 24.9 Å². The standard InChI is InChI=1S/C24H23N3O2/c1-16-6-5-7-18(12-16)15-27-22(14-19-8-3-4-11-25-19)23(28)26-21-13-17(2)9-10-20(21)24(27)29/h3-13,22H,14-15H2,1-2H3,(H,26,28). The lowest BCUT2D eigenvalue weighted by Crippen LogP contribution is -2.46. The van der Waals surface area contributed by atoms with Gasteiger partial charge in [0.15, 0.2) is 0 Å². The molecule has 5 nitrogen and oxygen atoms in total. The maximum Gasteiger partial charge on any atom is 0.256 e. The minimum atomic E-state index is -0.648. The fourth-order valence-corrected chi connectivity index (χ4v) is 3.71. The van der Waals surface area contributed by atoms with E-state index in [1.165, 1.54) is 0 Å². The maximum absolute atomic E-state index is 13.5. The zero-order valence-electron chi connectivity index (χ0n) is 16.6. The number of carbonyl (C=O) groups is 2. The van der Waals surface area contributed by atoms with E-state index in [2.05, 4.69) is 10.3 Å². The largest absolute Gasteiger partial charge is 0.324 e. The molecule has 1 unspecified atom stereocenters. The Morgan fingerprint density at radius 3 is 2.55 bits per heavy atom. The van der Waals surface area contributed by atoms with Crippen LogP contribution in [0.25, 0.3) is 0 Å². The lowest BCUT2D eigenvalue weighted by Gasteiger charge is -2.29. The Morgan fingerprint density at radius 2 is 1.79 bits per heavy atom. The first kappa shape index (κ1) is 18.9. The van der Waals surface area contributed by atoms with Crippen molar-refractivity contribution in [3.63, 3.8) is 0 Å². The molecule has 0 fully saturated rings. The monoisotopic (exact) mass is 385 g/mol. The minimum Gasteiger partial charge on any atom is -0.324 e. The van der Waals surface area contributed by atoms with E-state index in [4.69, 9.17) is 0 Å². The van der Waals surface area contributed by atoms with Crippen molar-refractivity contribution in [2.75, 3.05) is 5.32 Å². The van der Waals surface area contributed by atoms with Crippen LogP contribution in [0, 0.1) is 13.8 Å². The van der Waals surface area contributed by atoms with Gasteiger partial charge in [0.2, 0.25) is 5.91 Å². The van der Waals surface area contributed by atoms with E-state index in [1.807, 2.05) is 68.4 Å². The molecule has 2 amide bonds. The van der Waals surface area contributed by atoms with Crippen molar-refractivity contribution in [1.29, 1.82) is 0 Å². The number of aromatic nitrogens is 1. The Balaban J connectivity index is 1.76. The molecular weight excluding hydrogens is 362 g/mol. The van der Waals surface area contributed by atoms with Crippen LogP contribution < -0.4 is 5.32 Å². The molecule has 5 heteroatoms. The van der Waals surface area contributed by atoms with Crippen molar-refractivity contribution in [2.45, 2.75) is 32.9 Å². The van der Waals surface area contributed by atoms with Crippen molar-refractivity contribution in [2.24, 2.45) is 0 Å². The molecule has 1 atom stereocenters. The topological polar surface area (TPSA) is 62.3 Å². The highest BCUT2D eigenvalue weighted by Gasteiger charge is 2.35. The second-order valence-electron chi connectivity index (χ2n) is 7.50. The lowest BCUT2D eigenvalue weighted by molar-refractivity contribution is -0.120. The summed E-state index contributed by atoms with van der Waals surface area (Å²) in [5, 5.41) is 2.96. The summed E-state index contributed by atoms with van der Waals surface area (Å²) in [7, 11) is 0. The van der Waals surface area contributed by atoms with Crippen LogP contribution in [0.15, 0.2) is 66.9 Å². The van der Waals surface area contributed by atoms with E-state index in [9.17, 15) is 9.59 Å². The molecule has 1 N–H and O–H groups in total. The van der Waals surface area contributed by atoms with Crippen LogP contribution in [0.3, 0.4) is 0 Å². The van der Waals surface area contributed by atoms with E-state index < -0.39 is 6.04 Å². The number of benzene rings is 2. The smallest absolute Gasteiger partial charge is 0.256 e. The number of aryl methyl sites for hydroxylation is 2. The number of amides is 2. The van der Waals surface area contributed by atoms with Gasteiger partial charge >= 0.3 is 0 Å². The number of nitrogens with zero attached hydrogens (tertiary/aromatic N) is 2. The Bertz CT molecular complexity index is 1060. The molecule has 1 aliphatic rings. The minimum absolute atomic E-state index is 0.152. The molecule has 1 aromatic heterocycles. The number of carbonyl (C=O) groups excluding carboxylic acids is 2. The third kappa shape index (κ3) is 4.04. The quantitative estimate of drug-likeness (QED) is 0.741. The molecule has 0 aliphatic carbocycles. The molecule has 0 spiro atoms. The number of nitrogens with one attached hydrogen (secondary N) is 1. The summed E-state index contributed by atoms with van der Waals surface area (Å²) in [5.41, 5.74) is 4.96. The molecule has 2 aromatic carbocycles. The van der Waals surface area contributed by atoms with Gasteiger partial charge in [-0.1, -0.05) is 42.0 Å². The van der Waals surface area contributed by atoms with Gasteiger partial charge in [-0.15, -0.1) is 0 Å². The van der Waals surface area contributed by atoms with Crippen molar-refractivity contribution in [3.8, 4) is 0 Å². The van der Waals surface area contributed by atoms with Crippen LogP contribution in [0.5, 0.6) is 0 Å². The molecule has 2 heterocycles. The van der Waals surface area contributed by atoms with E-state index in [-0.39, 0.29) is 11.8 Å². The van der Waals surface area contributed by atoms with Crippen LogP contribution in [-0.4, -0.2) is 27.7 Å². The van der Waals surface area contributed by atoms with Crippen LogP contribution in [0.1, 0.15) is 32.7 Å². The van der Waals surface area contributed by atoms with Gasteiger partial charge in [-0.2, -0.15) is 0 Å². The summed E-state index contributed by atoms with van der Waals surface area (Å²) >= 11 is 0. The highest BCUT2D eigenvalue weighted by Crippen LogP contribution is 2.27. The molecule has 0 saturated heterocycles. The van der Waals surface area contributed by atoms with Gasteiger partial charge in [0.1, 0.15) is 6.04 Å². The van der Waals surface area contributed by atoms with Gasteiger partial charge in [-0.05, 0) is 49.2 Å². The van der Waals surface area contributed by atoms with Gasteiger partial charge < -0.3 is 10.2 Å².